The third-order valence-corrected chi connectivity index (χ3v) is 4.70. The van der Waals surface area contributed by atoms with Crippen molar-refractivity contribution in [2.24, 2.45) is 4.99 Å². The van der Waals surface area contributed by atoms with Gasteiger partial charge in [0.1, 0.15) is 5.82 Å². The Morgan fingerprint density at radius 3 is 2.80 bits per heavy atom. The van der Waals surface area contributed by atoms with Crippen LogP contribution in [-0.2, 0) is 13.0 Å². The van der Waals surface area contributed by atoms with Crippen molar-refractivity contribution in [1.82, 2.24) is 20.2 Å². The van der Waals surface area contributed by atoms with E-state index in [4.69, 9.17) is 9.47 Å². The summed E-state index contributed by atoms with van der Waals surface area (Å²) in [5.41, 5.74) is 2.41. The molecule has 1 aliphatic heterocycles. The van der Waals surface area contributed by atoms with Gasteiger partial charge in [-0.3, -0.25) is 0 Å². The van der Waals surface area contributed by atoms with Gasteiger partial charge < -0.3 is 24.7 Å². The molecule has 0 atom stereocenters. The molecule has 0 spiro atoms. The minimum atomic E-state index is -0.304. The first-order valence-electron chi connectivity index (χ1n) is 9.90. The van der Waals surface area contributed by atoms with E-state index in [1.807, 2.05) is 31.2 Å². The maximum Gasteiger partial charge on any atom is 0.231 e. The number of nitrogens with one attached hydrogen (secondary N) is 2. The van der Waals surface area contributed by atoms with Crippen molar-refractivity contribution in [1.29, 1.82) is 0 Å². The number of fused-ring (bicyclic) bond motifs is 1. The first kappa shape index (κ1) is 19.8. The Hall–Kier alpha value is -3.55. The van der Waals surface area contributed by atoms with Crippen LogP contribution in [0.4, 0.5) is 4.39 Å². The molecule has 2 heterocycles. The number of ether oxygens (including phenoxy) is 2. The highest BCUT2D eigenvalue weighted by Gasteiger charge is 2.13. The number of nitrogens with zero attached hydrogens (tertiary/aromatic N) is 3. The highest BCUT2D eigenvalue weighted by molar-refractivity contribution is 5.79. The second-order valence-corrected chi connectivity index (χ2v) is 6.82. The molecule has 0 aliphatic carbocycles. The van der Waals surface area contributed by atoms with Crippen LogP contribution in [0.5, 0.6) is 11.5 Å². The molecule has 0 bridgehead atoms. The summed E-state index contributed by atoms with van der Waals surface area (Å²) >= 11 is 0. The second kappa shape index (κ2) is 9.30. The van der Waals surface area contributed by atoms with Crippen LogP contribution in [0.3, 0.4) is 0 Å². The predicted octanol–water partition coefficient (Wildman–Crippen LogP) is 3.04. The van der Waals surface area contributed by atoms with Crippen LogP contribution in [0.2, 0.25) is 0 Å². The lowest BCUT2D eigenvalue weighted by atomic mass is 10.1. The van der Waals surface area contributed by atoms with E-state index in [-0.39, 0.29) is 12.6 Å². The number of rotatable bonds is 7. The molecule has 156 valence electrons. The fourth-order valence-electron chi connectivity index (χ4n) is 3.19. The largest absolute Gasteiger partial charge is 0.454 e. The molecule has 3 aromatic rings. The molecular formula is C22H24FN5O2. The molecule has 0 radical (unpaired) electrons. The van der Waals surface area contributed by atoms with Crippen molar-refractivity contribution in [3.05, 3.63) is 72.1 Å². The summed E-state index contributed by atoms with van der Waals surface area (Å²) in [5, 5.41) is 6.53. The molecule has 2 N–H and O–H groups in total. The summed E-state index contributed by atoms with van der Waals surface area (Å²) < 4.78 is 26.8. The molecule has 7 nitrogen and oxygen atoms in total. The van der Waals surface area contributed by atoms with Gasteiger partial charge in [0.05, 0.1) is 18.6 Å². The van der Waals surface area contributed by atoms with Gasteiger partial charge in [0, 0.05) is 25.5 Å². The maximum atomic E-state index is 14.4. The van der Waals surface area contributed by atoms with Gasteiger partial charge in [-0.15, -0.1) is 0 Å². The van der Waals surface area contributed by atoms with E-state index in [2.05, 4.69) is 20.6 Å². The van der Waals surface area contributed by atoms with E-state index in [9.17, 15) is 4.39 Å². The average molecular weight is 409 g/mol. The lowest BCUT2D eigenvalue weighted by Crippen LogP contribution is -2.38. The van der Waals surface area contributed by atoms with Gasteiger partial charge in [0.25, 0.3) is 0 Å². The minimum Gasteiger partial charge on any atom is -0.454 e. The van der Waals surface area contributed by atoms with Gasteiger partial charge >= 0.3 is 0 Å². The number of benzene rings is 2. The zero-order valence-corrected chi connectivity index (χ0v) is 16.8. The summed E-state index contributed by atoms with van der Waals surface area (Å²) in [6.07, 6.45) is 5.72. The number of imidazole rings is 1. The minimum absolute atomic E-state index is 0.276. The van der Waals surface area contributed by atoms with Crippen LogP contribution >= 0.6 is 0 Å². The Labute approximate surface area is 174 Å². The number of hydrogen-bond donors (Lipinski definition) is 2. The third kappa shape index (κ3) is 4.71. The molecule has 0 fully saturated rings. The molecule has 8 heteroatoms. The first-order valence-corrected chi connectivity index (χ1v) is 9.90. The molecule has 1 aromatic heterocycles. The summed E-state index contributed by atoms with van der Waals surface area (Å²) in [5.74, 6) is 1.96. The van der Waals surface area contributed by atoms with Crippen LogP contribution in [0.25, 0.3) is 5.69 Å². The topological polar surface area (TPSA) is 72.7 Å². The van der Waals surface area contributed by atoms with Crippen molar-refractivity contribution in [3.8, 4) is 17.2 Å². The quantitative estimate of drug-likeness (QED) is 0.464. The van der Waals surface area contributed by atoms with Crippen molar-refractivity contribution < 1.29 is 13.9 Å². The highest BCUT2D eigenvalue weighted by atomic mass is 19.1. The Morgan fingerprint density at radius 2 is 2.00 bits per heavy atom. The van der Waals surface area contributed by atoms with E-state index < -0.39 is 0 Å². The van der Waals surface area contributed by atoms with E-state index >= 15 is 0 Å². The van der Waals surface area contributed by atoms with Crippen LogP contribution in [-0.4, -0.2) is 35.4 Å². The number of halogens is 1. The standard InChI is InChI=1S/C22H24FN5O2/c1-2-25-22(26-8-7-16-4-6-20-21(12-16)30-15-29-20)27-13-17-3-5-19(18(23)11-17)28-10-9-24-14-28/h3-6,9-12,14H,2,7-8,13,15H2,1H3,(H2,25,26,27). The van der Waals surface area contributed by atoms with E-state index in [1.54, 1.807) is 29.4 Å². The second-order valence-electron chi connectivity index (χ2n) is 6.82. The Bertz CT molecular complexity index is 1020. The van der Waals surface area contributed by atoms with Gasteiger partial charge in [-0.1, -0.05) is 12.1 Å². The van der Waals surface area contributed by atoms with E-state index in [1.165, 1.54) is 6.07 Å². The summed E-state index contributed by atoms with van der Waals surface area (Å²) in [6, 6.07) is 11.1. The van der Waals surface area contributed by atoms with Crippen LogP contribution < -0.4 is 20.1 Å². The van der Waals surface area contributed by atoms with Crippen molar-refractivity contribution in [2.75, 3.05) is 19.9 Å². The fourth-order valence-corrected chi connectivity index (χ4v) is 3.19. The average Bonchev–Trinajstić information content (AvgIpc) is 3.44. The van der Waals surface area contributed by atoms with Crippen molar-refractivity contribution in [3.63, 3.8) is 0 Å². The summed E-state index contributed by atoms with van der Waals surface area (Å²) in [4.78, 5) is 8.52. The van der Waals surface area contributed by atoms with Crippen molar-refractivity contribution >= 4 is 5.96 Å². The summed E-state index contributed by atoms with van der Waals surface area (Å²) in [7, 11) is 0. The smallest absolute Gasteiger partial charge is 0.231 e. The lowest BCUT2D eigenvalue weighted by molar-refractivity contribution is 0.174. The van der Waals surface area contributed by atoms with E-state index in [0.29, 0.717) is 24.7 Å². The summed E-state index contributed by atoms with van der Waals surface area (Å²) in [6.45, 7) is 4.11. The zero-order chi connectivity index (χ0) is 20.8. The van der Waals surface area contributed by atoms with Gasteiger partial charge in [-0.05, 0) is 48.7 Å². The lowest BCUT2D eigenvalue weighted by Gasteiger charge is -2.12. The highest BCUT2D eigenvalue weighted by Crippen LogP contribution is 2.32. The molecule has 1 aliphatic rings. The molecule has 0 amide bonds. The van der Waals surface area contributed by atoms with Crippen LogP contribution in [0, 0.1) is 5.82 Å². The molecule has 0 unspecified atom stereocenters. The number of aromatic nitrogens is 2. The molecule has 30 heavy (non-hydrogen) atoms. The molecule has 0 saturated heterocycles. The molecule has 4 rings (SSSR count). The van der Waals surface area contributed by atoms with Crippen LogP contribution in [0.15, 0.2) is 60.1 Å². The van der Waals surface area contributed by atoms with Gasteiger partial charge in [-0.2, -0.15) is 0 Å². The van der Waals surface area contributed by atoms with Gasteiger partial charge in [-0.25, -0.2) is 14.4 Å². The Kier molecular flexibility index (Phi) is 6.12. The number of aliphatic imine (C=N–C) groups is 1. The van der Waals surface area contributed by atoms with E-state index in [0.717, 1.165) is 35.6 Å². The monoisotopic (exact) mass is 409 g/mol. The SMILES string of the molecule is CCNC(=NCc1ccc(-n2ccnc2)c(F)c1)NCCc1ccc2c(c1)OCO2. The Balaban J connectivity index is 1.35. The first-order chi connectivity index (χ1) is 14.7. The predicted molar refractivity (Wildman–Crippen MR) is 113 cm³/mol. The Morgan fingerprint density at radius 1 is 1.13 bits per heavy atom. The number of hydrogen-bond acceptors (Lipinski definition) is 4. The fraction of sp³-hybridized carbons (Fsp3) is 0.273. The molecule has 0 saturated carbocycles. The van der Waals surface area contributed by atoms with Crippen LogP contribution in [0.1, 0.15) is 18.1 Å². The van der Waals surface area contributed by atoms with Crippen molar-refractivity contribution in [2.45, 2.75) is 19.9 Å². The molecular weight excluding hydrogens is 385 g/mol. The third-order valence-electron chi connectivity index (χ3n) is 4.70. The maximum absolute atomic E-state index is 14.4. The zero-order valence-electron chi connectivity index (χ0n) is 16.8. The molecule has 2 aromatic carbocycles. The van der Waals surface area contributed by atoms with Gasteiger partial charge in [0.2, 0.25) is 6.79 Å². The van der Waals surface area contributed by atoms with Gasteiger partial charge in [0.15, 0.2) is 17.5 Å². The normalized spacial score (nSPS) is 12.8. The number of guanidine groups is 1.